The largest absolute Gasteiger partial charge is 0.351 e. The van der Waals surface area contributed by atoms with Crippen molar-refractivity contribution < 1.29 is 9.59 Å². The van der Waals surface area contributed by atoms with Crippen LogP contribution in [0.1, 0.15) is 280 Å². The summed E-state index contributed by atoms with van der Waals surface area (Å²) in [5.41, 5.74) is 0.964. The maximum Gasteiger partial charge on any atom is 0.252 e. The van der Waals surface area contributed by atoms with Crippen LogP contribution in [0.4, 0.5) is 0 Å². The molecule has 0 radical (unpaired) electrons. The molecule has 6 heteroatoms. The number of hydrogen-bond acceptors (Lipinski definition) is 4. The molecule has 2 amide bonds. The van der Waals surface area contributed by atoms with E-state index in [4.69, 9.17) is 0 Å². The second-order valence-corrected chi connectivity index (χ2v) is 19.1. The van der Waals surface area contributed by atoms with Crippen molar-refractivity contribution in [3.05, 3.63) is 35.4 Å². The predicted molar refractivity (Wildman–Crippen MR) is 273 cm³/mol. The lowest BCUT2D eigenvalue weighted by Crippen LogP contribution is -2.38. The number of amides is 2. The van der Waals surface area contributed by atoms with Crippen LogP contribution in [0.5, 0.6) is 0 Å². The molecule has 362 valence electrons. The van der Waals surface area contributed by atoms with E-state index in [1.54, 1.807) is 0 Å². The summed E-state index contributed by atoms with van der Waals surface area (Å²) in [5.74, 6) is -0.279. The minimum atomic E-state index is -0.140. The number of benzene rings is 1. The van der Waals surface area contributed by atoms with Crippen LogP contribution in [0.3, 0.4) is 0 Å². The molecule has 0 saturated heterocycles. The van der Waals surface area contributed by atoms with E-state index in [0.717, 1.165) is 39.3 Å². The van der Waals surface area contributed by atoms with Gasteiger partial charge in [0.1, 0.15) is 0 Å². The van der Waals surface area contributed by atoms with E-state index in [1.807, 2.05) is 24.3 Å². The molecule has 62 heavy (non-hydrogen) atoms. The lowest BCUT2D eigenvalue weighted by molar-refractivity contribution is 0.0913. The van der Waals surface area contributed by atoms with Crippen LogP contribution in [0.25, 0.3) is 0 Å². The van der Waals surface area contributed by atoms with Gasteiger partial charge in [0.2, 0.25) is 0 Å². The normalized spacial score (nSPS) is 11.6. The maximum absolute atomic E-state index is 13.6. The fraction of sp³-hybridized carbons (Fsp3) is 0.857. The summed E-state index contributed by atoms with van der Waals surface area (Å²) in [4.78, 5) is 32.3. The first-order valence-electron chi connectivity index (χ1n) is 27.7. The monoisotopic (exact) mass is 867 g/mol. The Labute approximate surface area is 387 Å². The minimum Gasteiger partial charge on any atom is -0.351 e. The number of unbranched alkanes of at least 4 members (excludes halogenated alkanes) is 32. The van der Waals surface area contributed by atoms with Gasteiger partial charge in [-0.05, 0) is 64.0 Å². The Morgan fingerprint density at radius 1 is 0.323 bits per heavy atom. The highest BCUT2D eigenvalue weighted by Crippen LogP contribution is 2.15. The molecule has 0 aliphatic heterocycles. The Bertz CT molecular complexity index is 982. The molecule has 0 aliphatic rings. The molecule has 0 heterocycles. The summed E-state index contributed by atoms with van der Waals surface area (Å²) >= 11 is 0. The van der Waals surface area contributed by atoms with Crippen LogP contribution >= 0.6 is 0 Å². The Balaban J connectivity index is 2.63. The van der Waals surface area contributed by atoms with Crippen molar-refractivity contribution in [1.29, 1.82) is 0 Å². The van der Waals surface area contributed by atoms with Crippen LogP contribution in [0.2, 0.25) is 0 Å². The molecule has 0 spiro atoms. The number of hydrogen-bond donors (Lipinski definition) is 2. The molecule has 0 atom stereocenters. The van der Waals surface area contributed by atoms with E-state index in [0.29, 0.717) is 24.2 Å². The maximum atomic E-state index is 13.6. The van der Waals surface area contributed by atoms with Gasteiger partial charge in [-0.15, -0.1) is 0 Å². The zero-order chi connectivity index (χ0) is 44.8. The average Bonchev–Trinajstić information content (AvgIpc) is 3.28. The van der Waals surface area contributed by atoms with Crippen molar-refractivity contribution in [2.24, 2.45) is 0 Å². The van der Waals surface area contributed by atoms with Gasteiger partial charge in [0.25, 0.3) is 11.8 Å². The van der Waals surface area contributed by atoms with E-state index in [2.05, 4.69) is 48.1 Å². The van der Waals surface area contributed by atoms with Crippen molar-refractivity contribution in [3.63, 3.8) is 0 Å². The lowest BCUT2D eigenvalue weighted by atomic mass is 10.1. The van der Waals surface area contributed by atoms with Crippen LogP contribution in [-0.4, -0.2) is 74.0 Å². The van der Waals surface area contributed by atoms with Crippen LogP contribution in [0, 0.1) is 0 Å². The van der Waals surface area contributed by atoms with Gasteiger partial charge >= 0.3 is 0 Å². The molecule has 6 nitrogen and oxygen atoms in total. The molecule has 0 saturated carbocycles. The summed E-state index contributed by atoms with van der Waals surface area (Å²) in [6.45, 7) is 16.5. The quantitative estimate of drug-likeness (QED) is 0.0641. The first-order valence-corrected chi connectivity index (χ1v) is 27.7. The van der Waals surface area contributed by atoms with Gasteiger partial charge in [-0.3, -0.25) is 9.59 Å². The summed E-state index contributed by atoms with van der Waals surface area (Å²) in [7, 11) is 0. The fourth-order valence-corrected chi connectivity index (χ4v) is 8.98. The Morgan fingerprint density at radius 3 is 0.758 bits per heavy atom. The zero-order valence-electron chi connectivity index (χ0n) is 42.1. The van der Waals surface area contributed by atoms with Gasteiger partial charge in [-0.1, -0.05) is 245 Å². The van der Waals surface area contributed by atoms with E-state index in [9.17, 15) is 9.59 Å². The summed E-state index contributed by atoms with van der Waals surface area (Å²) < 4.78 is 0. The summed E-state index contributed by atoms with van der Waals surface area (Å²) in [5, 5.41) is 6.40. The molecule has 1 aromatic carbocycles. The SMILES string of the molecule is CCCCCCCCCCCN(CCCCCCCCCCC)CCNC(=O)c1ccccc1C(=O)NCCN(CCCCCCCCCCC)CCCCCCCCCCC. The Hall–Kier alpha value is -1.92. The molecule has 0 bridgehead atoms. The van der Waals surface area contributed by atoms with Crippen molar-refractivity contribution in [2.45, 2.75) is 259 Å². The molecular formula is C56H106N4O2. The third-order valence-electron chi connectivity index (χ3n) is 13.2. The number of carbonyl (C=O) groups excluding carboxylic acids is 2. The minimum absolute atomic E-state index is 0.140. The van der Waals surface area contributed by atoms with Crippen molar-refractivity contribution in [1.82, 2.24) is 20.4 Å². The highest BCUT2D eigenvalue weighted by Gasteiger charge is 2.17. The smallest absolute Gasteiger partial charge is 0.252 e. The highest BCUT2D eigenvalue weighted by atomic mass is 16.2. The van der Waals surface area contributed by atoms with Gasteiger partial charge in [-0.25, -0.2) is 0 Å². The summed E-state index contributed by atoms with van der Waals surface area (Å²) in [6.07, 6.45) is 48.3. The van der Waals surface area contributed by atoms with Gasteiger partial charge in [0.15, 0.2) is 0 Å². The van der Waals surface area contributed by atoms with E-state index in [-0.39, 0.29) is 11.8 Å². The standard InChI is InChI=1S/C56H106N4O2/c1-5-9-13-17-21-25-29-33-39-47-59(48-40-34-30-26-22-18-14-10-6-2)51-45-57-55(61)53-43-37-38-44-54(53)56(62)58-46-52-60(49-41-35-31-27-23-19-15-11-7-3)50-42-36-32-28-24-20-16-12-8-4/h37-38,43-44H,5-36,39-42,45-52H2,1-4H3,(H,57,61)(H,58,62). The van der Waals surface area contributed by atoms with E-state index >= 15 is 0 Å². The number of nitrogens with zero attached hydrogens (tertiary/aromatic N) is 2. The Morgan fingerprint density at radius 2 is 0.532 bits per heavy atom. The molecule has 2 N–H and O–H groups in total. The third kappa shape index (κ3) is 35.4. The molecule has 0 fully saturated rings. The fourth-order valence-electron chi connectivity index (χ4n) is 8.98. The van der Waals surface area contributed by atoms with Gasteiger partial charge < -0.3 is 20.4 Å². The molecule has 1 rings (SSSR count). The Kier molecular flexibility index (Phi) is 42.8. The number of nitrogens with one attached hydrogen (secondary N) is 2. The topological polar surface area (TPSA) is 64.7 Å². The van der Waals surface area contributed by atoms with E-state index in [1.165, 1.54) is 231 Å². The van der Waals surface area contributed by atoms with Crippen molar-refractivity contribution >= 4 is 11.8 Å². The molecule has 1 aromatic rings. The highest BCUT2D eigenvalue weighted by molar-refractivity contribution is 6.07. The molecular weight excluding hydrogens is 761 g/mol. The van der Waals surface area contributed by atoms with Gasteiger partial charge in [-0.2, -0.15) is 0 Å². The van der Waals surface area contributed by atoms with Crippen LogP contribution < -0.4 is 10.6 Å². The van der Waals surface area contributed by atoms with Crippen molar-refractivity contribution in [3.8, 4) is 0 Å². The van der Waals surface area contributed by atoms with Crippen molar-refractivity contribution in [2.75, 3.05) is 52.4 Å². The molecule has 0 aromatic heterocycles. The lowest BCUT2D eigenvalue weighted by Gasteiger charge is -2.23. The van der Waals surface area contributed by atoms with E-state index < -0.39 is 0 Å². The molecule has 0 unspecified atom stereocenters. The summed E-state index contributed by atoms with van der Waals surface area (Å²) in [6, 6.07) is 7.38. The predicted octanol–water partition coefficient (Wildman–Crippen LogP) is 15.9. The van der Waals surface area contributed by atoms with Gasteiger partial charge in [0.05, 0.1) is 11.1 Å². The molecule has 0 aliphatic carbocycles. The second kappa shape index (κ2) is 45.6. The van der Waals surface area contributed by atoms with Crippen LogP contribution in [0.15, 0.2) is 24.3 Å². The third-order valence-corrected chi connectivity index (χ3v) is 13.2. The second-order valence-electron chi connectivity index (χ2n) is 19.1. The first kappa shape index (κ1) is 58.1. The number of rotatable bonds is 48. The van der Waals surface area contributed by atoms with Crippen LogP contribution in [-0.2, 0) is 0 Å². The average molecular weight is 867 g/mol. The number of carbonyl (C=O) groups is 2. The zero-order valence-corrected chi connectivity index (χ0v) is 42.1. The van der Waals surface area contributed by atoms with Gasteiger partial charge in [0, 0.05) is 26.2 Å². The first-order chi connectivity index (χ1) is 30.6.